The van der Waals surface area contributed by atoms with Gasteiger partial charge in [-0.05, 0) is 48.0 Å². The number of pyridine rings is 1. The number of amides is 1. The fourth-order valence-corrected chi connectivity index (χ4v) is 3.36. The lowest BCUT2D eigenvalue weighted by molar-refractivity contribution is -0.137. The van der Waals surface area contributed by atoms with Crippen LogP contribution in [-0.2, 0) is 11.0 Å². The first-order valence-electron chi connectivity index (χ1n) is 10.7. The average Bonchev–Trinajstić information content (AvgIpc) is 3.38. The molecule has 2 heterocycles. The minimum absolute atomic E-state index is 0.0331. The predicted molar refractivity (Wildman–Crippen MR) is 129 cm³/mol. The molecule has 0 unspecified atom stereocenters. The van der Waals surface area contributed by atoms with Crippen molar-refractivity contribution in [2.24, 2.45) is 4.99 Å². The number of halogens is 3. The molecule has 0 aliphatic carbocycles. The molecule has 0 bridgehead atoms. The van der Waals surface area contributed by atoms with Crippen LogP contribution < -0.4 is 20.7 Å². The first-order chi connectivity index (χ1) is 16.8. The molecule has 10 heteroatoms. The van der Waals surface area contributed by atoms with E-state index in [1.807, 2.05) is 0 Å². The van der Waals surface area contributed by atoms with Crippen molar-refractivity contribution < 1.29 is 22.7 Å². The summed E-state index contributed by atoms with van der Waals surface area (Å²) in [7, 11) is 1.50. The van der Waals surface area contributed by atoms with Crippen molar-refractivity contribution in [3.8, 4) is 11.5 Å². The molecule has 180 valence electrons. The number of anilines is 2. The van der Waals surface area contributed by atoms with Crippen LogP contribution >= 0.6 is 0 Å². The monoisotopic (exact) mass is 481 g/mol. The lowest BCUT2D eigenvalue weighted by Crippen LogP contribution is -2.20. The van der Waals surface area contributed by atoms with E-state index in [0.717, 1.165) is 24.5 Å². The van der Waals surface area contributed by atoms with E-state index in [0.29, 0.717) is 29.3 Å². The molecular weight excluding hydrogens is 459 g/mol. The lowest BCUT2D eigenvalue weighted by atomic mass is 10.1. The highest BCUT2D eigenvalue weighted by Gasteiger charge is 2.31. The minimum atomic E-state index is -4.53. The third kappa shape index (κ3) is 6.38. The normalized spacial score (nSPS) is 13.3. The van der Waals surface area contributed by atoms with E-state index < -0.39 is 17.6 Å². The van der Waals surface area contributed by atoms with Gasteiger partial charge in [-0.25, -0.2) is 0 Å². The number of hydrogen-bond donors (Lipinski definition) is 3. The first-order valence-corrected chi connectivity index (χ1v) is 10.7. The summed E-state index contributed by atoms with van der Waals surface area (Å²) < 4.78 is 45.2. The zero-order chi connectivity index (χ0) is 24.8. The van der Waals surface area contributed by atoms with Gasteiger partial charge in [0, 0.05) is 43.3 Å². The Labute approximate surface area is 199 Å². The average molecular weight is 481 g/mol. The molecule has 0 fully saturated rings. The molecule has 0 atom stereocenters. The zero-order valence-corrected chi connectivity index (χ0v) is 18.7. The van der Waals surface area contributed by atoms with Crippen LogP contribution in [-0.4, -0.2) is 36.9 Å². The van der Waals surface area contributed by atoms with E-state index >= 15 is 0 Å². The molecule has 3 aromatic rings. The molecule has 1 aliphatic rings. The highest BCUT2D eigenvalue weighted by atomic mass is 19.4. The summed E-state index contributed by atoms with van der Waals surface area (Å²) in [4.78, 5) is 21.0. The molecule has 3 N–H and O–H groups in total. The molecule has 1 aliphatic heterocycles. The number of benzene rings is 2. The summed E-state index contributed by atoms with van der Waals surface area (Å²) in [5.41, 5.74) is 0.769. The second kappa shape index (κ2) is 10.3. The Hall–Kier alpha value is -4.34. The summed E-state index contributed by atoms with van der Waals surface area (Å²) in [5.74, 6) is 1.28. The highest BCUT2D eigenvalue weighted by Crippen LogP contribution is 2.33. The van der Waals surface area contributed by atoms with Gasteiger partial charge in [0.15, 0.2) is 0 Å². The molecule has 0 saturated heterocycles. The largest absolute Gasteiger partial charge is 0.457 e. The Morgan fingerprint density at radius 3 is 2.63 bits per heavy atom. The van der Waals surface area contributed by atoms with Gasteiger partial charge in [0.1, 0.15) is 23.0 Å². The van der Waals surface area contributed by atoms with E-state index in [-0.39, 0.29) is 11.4 Å². The van der Waals surface area contributed by atoms with E-state index in [2.05, 4.69) is 25.9 Å². The fourth-order valence-electron chi connectivity index (χ4n) is 3.36. The third-order valence-corrected chi connectivity index (χ3v) is 4.99. The Bertz CT molecular complexity index is 1290. The molecule has 0 radical (unpaired) electrons. The summed E-state index contributed by atoms with van der Waals surface area (Å²) in [6.07, 6.45) is -0.107. The Morgan fingerprint density at radius 1 is 1.09 bits per heavy atom. The topological polar surface area (TPSA) is 87.6 Å². The molecule has 1 aromatic heterocycles. The van der Waals surface area contributed by atoms with Crippen LogP contribution in [0.15, 0.2) is 71.9 Å². The standard InChI is InChI=1S/C25H22F3N5O2/c1-29-18-12-17(25(26,27)28)13-19(14-18)33-23(34)6-5-16-3-2-4-20(11-16)35-21-7-8-30-22(15-21)24-31-9-10-32-24/h2-8,11-15,29H,9-10H2,1H3,(H,31,32)(H,33,34). The second-order valence-corrected chi connectivity index (χ2v) is 7.58. The minimum Gasteiger partial charge on any atom is -0.457 e. The van der Waals surface area contributed by atoms with Crippen molar-refractivity contribution in [2.75, 3.05) is 30.8 Å². The Morgan fingerprint density at radius 2 is 1.89 bits per heavy atom. The number of carbonyl (C=O) groups is 1. The zero-order valence-electron chi connectivity index (χ0n) is 18.7. The van der Waals surface area contributed by atoms with Crippen LogP contribution in [0, 0.1) is 0 Å². The van der Waals surface area contributed by atoms with Gasteiger partial charge in [-0.2, -0.15) is 13.2 Å². The summed E-state index contributed by atoms with van der Waals surface area (Å²) in [6, 6.07) is 13.8. The van der Waals surface area contributed by atoms with Crippen molar-refractivity contribution >= 4 is 29.2 Å². The van der Waals surface area contributed by atoms with E-state index in [1.165, 1.54) is 19.2 Å². The molecule has 2 aromatic carbocycles. The van der Waals surface area contributed by atoms with Crippen molar-refractivity contribution in [1.82, 2.24) is 10.3 Å². The molecule has 4 rings (SSSR count). The number of nitrogens with zero attached hydrogens (tertiary/aromatic N) is 2. The van der Waals surface area contributed by atoms with Crippen LogP contribution in [0.5, 0.6) is 11.5 Å². The van der Waals surface area contributed by atoms with Gasteiger partial charge >= 0.3 is 6.18 Å². The maximum absolute atomic E-state index is 13.1. The summed E-state index contributed by atoms with van der Waals surface area (Å²) in [5, 5.41) is 8.29. The summed E-state index contributed by atoms with van der Waals surface area (Å²) in [6.45, 7) is 1.48. The molecule has 1 amide bonds. The van der Waals surface area contributed by atoms with E-state index in [9.17, 15) is 18.0 Å². The van der Waals surface area contributed by atoms with Crippen LogP contribution in [0.4, 0.5) is 24.5 Å². The van der Waals surface area contributed by atoms with Gasteiger partial charge < -0.3 is 20.7 Å². The summed E-state index contributed by atoms with van der Waals surface area (Å²) >= 11 is 0. The highest BCUT2D eigenvalue weighted by molar-refractivity contribution is 6.02. The van der Waals surface area contributed by atoms with Gasteiger partial charge in [-0.15, -0.1) is 0 Å². The van der Waals surface area contributed by atoms with Crippen LogP contribution in [0.2, 0.25) is 0 Å². The number of aromatic nitrogens is 1. The van der Waals surface area contributed by atoms with Gasteiger partial charge in [0.25, 0.3) is 0 Å². The number of amidine groups is 1. The van der Waals surface area contributed by atoms with Crippen molar-refractivity contribution in [3.63, 3.8) is 0 Å². The molecule has 7 nitrogen and oxygen atoms in total. The SMILES string of the molecule is CNc1cc(NC(=O)C=Cc2cccc(Oc3ccnc(C4=NCCN4)c3)c2)cc(C(F)(F)F)c1. The van der Waals surface area contributed by atoms with Crippen molar-refractivity contribution in [2.45, 2.75) is 6.18 Å². The van der Waals surface area contributed by atoms with Gasteiger partial charge in [-0.1, -0.05) is 12.1 Å². The van der Waals surface area contributed by atoms with Crippen molar-refractivity contribution in [3.05, 3.63) is 83.7 Å². The van der Waals surface area contributed by atoms with Crippen LogP contribution in [0.3, 0.4) is 0 Å². The smallest absolute Gasteiger partial charge is 0.416 e. The number of carbonyl (C=O) groups excluding carboxylic acids is 1. The van der Waals surface area contributed by atoms with Gasteiger partial charge in [0.2, 0.25) is 5.91 Å². The quantitative estimate of drug-likeness (QED) is 0.417. The molecule has 0 saturated carbocycles. The van der Waals surface area contributed by atoms with E-state index in [1.54, 1.807) is 48.7 Å². The molecule has 35 heavy (non-hydrogen) atoms. The van der Waals surface area contributed by atoms with Gasteiger partial charge in [0.05, 0.1) is 12.1 Å². The number of rotatable bonds is 7. The number of nitrogens with one attached hydrogen (secondary N) is 3. The third-order valence-electron chi connectivity index (χ3n) is 4.99. The van der Waals surface area contributed by atoms with Crippen LogP contribution in [0.25, 0.3) is 6.08 Å². The molecule has 0 spiro atoms. The maximum atomic E-state index is 13.1. The van der Waals surface area contributed by atoms with Crippen molar-refractivity contribution in [1.29, 1.82) is 0 Å². The molecular formula is C25H22F3N5O2. The number of ether oxygens (including phenoxy) is 1. The van der Waals surface area contributed by atoms with Crippen LogP contribution in [0.1, 0.15) is 16.8 Å². The maximum Gasteiger partial charge on any atom is 0.416 e. The Balaban J connectivity index is 1.43. The number of alkyl halides is 3. The van der Waals surface area contributed by atoms with E-state index in [4.69, 9.17) is 4.74 Å². The Kier molecular flexibility index (Phi) is 7.00. The number of aliphatic imine (C=N–C) groups is 1. The predicted octanol–water partition coefficient (Wildman–Crippen LogP) is 4.94. The first kappa shape index (κ1) is 23.8. The second-order valence-electron chi connectivity index (χ2n) is 7.58. The number of hydrogen-bond acceptors (Lipinski definition) is 6. The lowest BCUT2D eigenvalue weighted by Gasteiger charge is -2.12. The fraction of sp³-hybridized carbons (Fsp3) is 0.160. The van der Waals surface area contributed by atoms with Gasteiger partial charge in [-0.3, -0.25) is 14.8 Å².